The molecule has 6 rings (SSSR count). The topological polar surface area (TPSA) is 281 Å². The Hall–Kier alpha value is -8.82. The summed E-state index contributed by atoms with van der Waals surface area (Å²) in [4.78, 5) is 127. The molecule has 0 radical (unpaired) electrons. The molecule has 0 bridgehead atoms. The van der Waals surface area contributed by atoms with Gasteiger partial charge in [0.25, 0.3) is 0 Å². The Morgan fingerprint density at radius 2 is 0.833 bits per heavy atom. The molecule has 0 unspecified atom stereocenters. The quantitative estimate of drug-likeness (QED) is 0.111. The van der Waals surface area contributed by atoms with Crippen molar-refractivity contribution in [2.45, 2.75) is 106 Å². The molecule has 0 fully saturated rings. The molecule has 0 saturated carbocycles. The zero-order valence-electron chi connectivity index (χ0n) is 40.3. The third-order valence-electron chi connectivity index (χ3n) is 10.2. The Morgan fingerprint density at radius 1 is 0.403 bits per heavy atom. The van der Waals surface area contributed by atoms with E-state index in [2.05, 4.69) is 0 Å². The van der Waals surface area contributed by atoms with Gasteiger partial charge in [0.05, 0.1) is 5.92 Å². The fourth-order valence-electron chi connectivity index (χ4n) is 8.12. The monoisotopic (exact) mass is 998 g/mol. The standard InChI is InChI=1S/C50H46O22/c1-21(51)61-33-17-40(67-27(7)57)44-41(18-33)71-48(32-12-14-36(63-23(3)53)39(16-32)66-26(6)56)50(70-30(10)60)46(44)45-42(68-28(8)58)20-37(64-24(4)54)34-19-43(69-29(9)59)47(72-49(34)45)31-11-13-35(62-22(2)52)38(15-31)65-25(5)55/h11-18,20,43,46-48,50H,19H2,1-10H3/t43-,46+,47+,48+,50+/m0/s1. The number of hydrogen-bond acceptors (Lipinski definition) is 22. The number of fused-ring (bicyclic) bond motifs is 2. The molecule has 0 saturated heterocycles. The minimum absolute atomic E-state index is 0.00922. The highest BCUT2D eigenvalue weighted by atomic mass is 16.6. The Bertz CT molecular complexity index is 2930. The maximum absolute atomic E-state index is 13.5. The maximum atomic E-state index is 13.5. The van der Waals surface area contributed by atoms with Crippen LogP contribution in [0.15, 0.2) is 54.6 Å². The lowest BCUT2D eigenvalue weighted by atomic mass is 9.77. The molecule has 0 spiro atoms. The van der Waals surface area contributed by atoms with Crippen LogP contribution in [0.25, 0.3) is 0 Å². The SMILES string of the molecule is CC(=O)Oc1cc(OC(C)=O)c2c(c1)O[C@H](c1ccc(OC(C)=O)c(OC(C)=O)c1)[C@H](OC(C)=O)[C@H]2c1c(OC(C)=O)cc(OC(C)=O)c2c1O[C@H](c1ccc(OC(C)=O)c(OC(C)=O)c1)[C@@H](OC(C)=O)C2. The first-order valence-corrected chi connectivity index (χ1v) is 21.7. The van der Waals surface area contributed by atoms with Gasteiger partial charge in [-0.25, -0.2) is 0 Å². The zero-order chi connectivity index (χ0) is 52.9. The number of esters is 10. The minimum Gasteiger partial charge on any atom is -0.481 e. The molecule has 4 aromatic rings. The average molecular weight is 999 g/mol. The highest BCUT2D eigenvalue weighted by molar-refractivity contribution is 5.79. The molecular formula is C50H46O22. The second kappa shape index (κ2) is 21.9. The van der Waals surface area contributed by atoms with Crippen molar-refractivity contribution in [1.29, 1.82) is 0 Å². The lowest BCUT2D eigenvalue weighted by molar-refractivity contribution is -0.154. The summed E-state index contributed by atoms with van der Waals surface area (Å²) >= 11 is 0. The third kappa shape index (κ3) is 12.5. The number of carbonyl (C=O) groups excluding carboxylic acids is 10. The summed E-state index contributed by atoms with van der Waals surface area (Å²) in [5.74, 6) is -12.6. The van der Waals surface area contributed by atoms with E-state index in [-0.39, 0.29) is 86.0 Å². The fourth-order valence-corrected chi connectivity index (χ4v) is 8.12. The number of rotatable bonds is 13. The van der Waals surface area contributed by atoms with Crippen LogP contribution in [0.1, 0.15) is 115 Å². The smallest absolute Gasteiger partial charge is 0.308 e. The predicted molar refractivity (Wildman–Crippen MR) is 240 cm³/mol. The van der Waals surface area contributed by atoms with E-state index in [1.807, 2.05) is 0 Å². The predicted octanol–water partition coefficient (Wildman–Crippen LogP) is 5.89. The average Bonchev–Trinajstić information content (AvgIpc) is 3.23. The van der Waals surface area contributed by atoms with Crippen molar-refractivity contribution in [2.75, 3.05) is 0 Å². The Kier molecular flexibility index (Phi) is 16.0. The van der Waals surface area contributed by atoms with E-state index in [0.717, 1.165) is 69.2 Å². The van der Waals surface area contributed by atoms with E-state index in [9.17, 15) is 47.9 Å². The largest absolute Gasteiger partial charge is 0.481 e. The molecule has 5 atom stereocenters. The molecule has 378 valence electrons. The van der Waals surface area contributed by atoms with Crippen LogP contribution in [0, 0.1) is 0 Å². The van der Waals surface area contributed by atoms with E-state index in [1.165, 1.54) is 54.6 Å². The normalized spacial score (nSPS) is 17.3. The van der Waals surface area contributed by atoms with Crippen molar-refractivity contribution in [2.24, 2.45) is 0 Å². The second-order valence-electron chi connectivity index (χ2n) is 16.1. The molecule has 0 aromatic heterocycles. The number of ether oxygens (including phenoxy) is 12. The van der Waals surface area contributed by atoms with Gasteiger partial charge >= 0.3 is 59.7 Å². The fraction of sp³-hybridized carbons (Fsp3) is 0.320. The molecule has 0 aliphatic carbocycles. The van der Waals surface area contributed by atoms with Gasteiger partial charge in [0, 0.05) is 122 Å². The number of hydrogen-bond donors (Lipinski definition) is 0. The molecule has 72 heavy (non-hydrogen) atoms. The molecule has 2 aliphatic rings. The van der Waals surface area contributed by atoms with Gasteiger partial charge in [-0.15, -0.1) is 0 Å². The van der Waals surface area contributed by atoms with Crippen LogP contribution in [0.3, 0.4) is 0 Å². The summed E-state index contributed by atoms with van der Waals surface area (Å²) in [5.41, 5.74) is -0.0622. The molecule has 0 amide bonds. The summed E-state index contributed by atoms with van der Waals surface area (Å²) < 4.78 is 69.7. The zero-order valence-corrected chi connectivity index (χ0v) is 40.3. The van der Waals surface area contributed by atoms with Crippen LogP contribution in [0.4, 0.5) is 0 Å². The summed E-state index contributed by atoms with van der Waals surface area (Å²) in [5, 5.41) is 0. The lowest BCUT2D eigenvalue weighted by Crippen LogP contribution is -2.40. The van der Waals surface area contributed by atoms with E-state index in [4.69, 9.17) is 56.8 Å². The van der Waals surface area contributed by atoms with Crippen LogP contribution < -0.4 is 47.4 Å². The highest BCUT2D eigenvalue weighted by Gasteiger charge is 2.50. The van der Waals surface area contributed by atoms with Gasteiger partial charge in [-0.3, -0.25) is 47.9 Å². The van der Waals surface area contributed by atoms with E-state index in [1.54, 1.807) is 0 Å². The van der Waals surface area contributed by atoms with Crippen molar-refractivity contribution in [3.8, 4) is 57.5 Å². The first kappa shape index (κ1) is 52.5. The van der Waals surface area contributed by atoms with Crippen LogP contribution in [0.5, 0.6) is 57.5 Å². The maximum Gasteiger partial charge on any atom is 0.308 e. The molecule has 4 aromatic carbocycles. The van der Waals surface area contributed by atoms with Gasteiger partial charge in [0.15, 0.2) is 41.3 Å². The first-order chi connectivity index (χ1) is 33.9. The summed E-state index contributed by atoms with van der Waals surface area (Å²) in [6.07, 6.45) is -6.27. The summed E-state index contributed by atoms with van der Waals surface area (Å²) in [6, 6.07) is 11.5. The second-order valence-corrected chi connectivity index (χ2v) is 16.1. The highest BCUT2D eigenvalue weighted by Crippen LogP contribution is 2.59. The summed E-state index contributed by atoms with van der Waals surface area (Å²) in [6.45, 7) is 10.9. The van der Waals surface area contributed by atoms with Crippen LogP contribution in [0.2, 0.25) is 0 Å². The van der Waals surface area contributed by atoms with Crippen molar-refractivity contribution in [1.82, 2.24) is 0 Å². The number of benzene rings is 4. The van der Waals surface area contributed by atoms with Crippen LogP contribution in [-0.4, -0.2) is 71.9 Å². The minimum atomic E-state index is -1.68. The Balaban J connectivity index is 1.78. The summed E-state index contributed by atoms with van der Waals surface area (Å²) in [7, 11) is 0. The van der Waals surface area contributed by atoms with Crippen molar-refractivity contribution < 1.29 is 105 Å². The van der Waals surface area contributed by atoms with Gasteiger partial charge in [-0.2, -0.15) is 0 Å². The molecule has 0 N–H and O–H groups in total. The molecule has 22 heteroatoms. The van der Waals surface area contributed by atoms with Gasteiger partial charge in [-0.1, -0.05) is 12.1 Å². The third-order valence-corrected chi connectivity index (χ3v) is 10.2. The molecule has 2 heterocycles. The van der Waals surface area contributed by atoms with E-state index in [0.29, 0.717) is 0 Å². The first-order valence-electron chi connectivity index (χ1n) is 21.7. The van der Waals surface area contributed by atoms with Gasteiger partial charge in [0.2, 0.25) is 0 Å². The van der Waals surface area contributed by atoms with Crippen molar-refractivity contribution >= 4 is 59.7 Å². The van der Waals surface area contributed by atoms with Gasteiger partial charge in [-0.05, 0) is 24.3 Å². The molecule has 22 nitrogen and oxygen atoms in total. The Labute approximate surface area is 409 Å². The van der Waals surface area contributed by atoms with E-state index >= 15 is 0 Å². The van der Waals surface area contributed by atoms with Crippen molar-refractivity contribution in [3.63, 3.8) is 0 Å². The Morgan fingerprint density at radius 3 is 1.31 bits per heavy atom. The van der Waals surface area contributed by atoms with E-state index < -0.39 is 95.8 Å². The van der Waals surface area contributed by atoms with Gasteiger partial charge < -0.3 is 56.8 Å². The lowest BCUT2D eigenvalue weighted by Gasteiger charge is -2.42. The van der Waals surface area contributed by atoms with Crippen LogP contribution in [-0.2, 0) is 63.8 Å². The van der Waals surface area contributed by atoms with Gasteiger partial charge in [0.1, 0.15) is 40.6 Å². The number of carbonyl (C=O) groups is 10. The van der Waals surface area contributed by atoms with Crippen LogP contribution >= 0.6 is 0 Å². The van der Waals surface area contributed by atoms with Crippen molar-refractivity contribution in [3.05, 3.63) is 82.4 Å². The molecular weight excluding hydrogens is 953 g/mol. The molecule has 2 aliphatic heterocycles.